The van der Waals surface area contributed by atoms with Gasteiger partial charge in [0.25, 0.3) is 5.91 Å². The van der Waals surface area contributed by atoms with Crippen molar-refractivity contribution >= 4 is 5.91 Å². The molecule has 0 aliphatic carbocycles. The van der Waals surface area contributed by atoms with E-state index in [9.17, 15) is 4.79 Å². The number of carbonyl (C=O) groups is 1. The highest BCUT2D eigenvalue weighted by Crippen LogP contribution is 2.28. The van der Waals surface area contributed by atoms with E-state index in [0.29, 0.717) is 6.54 Å². The smallest absolute Gasteiger partial charge is 0.254 e. The summed E-state index contributed by atoms with van der Waals surface area (Å²) < 4.78 is 0. The van der Waals surface area contributed by atoms with Crippen molar-refractivity contribution in [2.24, 2.45) is 0 Å². The van der Waals surface area contributed by atoms with Crippen LogP contribution in [0.25, 0.3) is 11.3 Å². The van der Waals surface area contributed by atoms with Gasteiger partial charge in [-0.05, 0) is 42.7 Å². The first-order valence-corrected chi connectivity index (χ1v) is 6.25. The highest BCUT2D eigenvalue weighted by molar-refractivity contribution is 5.98. The number of hydrogen-bond acceptors (Lipinski definition) is 3. The minimum absolute atomic E-state index is 0.0913. The van der Waals surface area contributed by atoms with Gasteiger partial charge in [0.05, 0.1) is 11.9 Å². The number of hydrogen-bond donors (Lipinski definition) is 0. The van der Waals surface area contributed by atoms with Gasteiger partial charge in [-0.3, -0.25) is 4.79 Å². The van der Waals surface area contributed by atoms with Crippen molar-refractivity contribution < 1.29 is 4.79 Å². The highest BCUT2D eigenvalue weighted by atomic mass is 16.2. The molecule has 4 nitrogen and oxygen atoms in total. The standard InChI is InChI=1S/C15H15N3O/c1-9-7-16-17-14(10(9)2)11-4-5-13-12(6-11)8-18(3)15(13)19/h4-7H,8H2,1-3H3. The fourth-order valence-electron chi connectivity index (χ4n) is 2.42. The monoisotopic (exact) mass is 253 g/mol. The number of aryl methyl sites for hydroxylation is 1. The molecule has 0 saturated carbocycles. The maximum atomic E-state index is 11.9. The van der Waals surface area contributed by atoms with Gasteiger partial charge in [0.15, 0.2) is 0 Å². The molecule has 0 atom stereocenters. The van der Waals surface area contributed by atoms with E-state index in [1.165, 1.54) is 0 Å². The Bertz CT molecular complexity index is 679. The molecule has 0 spiro atoms. The van der Waals surface area contributed by atoms with Crippen LogP contribution in [-0.2, 0) is 6.54 Å². The van der Waals surface area contributed by atoms with Crippen LogP contribution in [0.1, 0.15) is 27.0 Å². The Morgan fingerprint density at radius 3 is 2.84 bits per heavy atom. The molecule has 0 fully saturated rings. The maximum Gasteiger partial charge on any atom is 0.254 e. The van der Waals surface area contributed by atoms with Crippen molar-refractivity contribution in [1.29, 1.82) is 0 Å². The van der Waals surface area contributed by atoms with Gasteiger partial charge in [-0.25, -0.2) is 0 Å². The van der Waals surface area contributed by atoms with Crippen molar-refractivity contribution in [2.45, 2.75) is 20.4 Å². The van der Waals surface area contributed by atoms with Crippen molar-refractivity contribution in [3.63, 3.8) is 0 Å². The van der Waals surface area contributed by atoms with Crippen molar-refractivity contribution in [1.82, 2.24) is 15.1 Å². The van der Waals surface area contributed by atoms with E-state index in [-0.39, 0.29) is 5.91 Å². The minimum atomic E-state index is 0.0913. The quantitative estimate of drug-likeness (QED) is 0.783. The molecule has 1 amide bonds. The molecule has 2 heterocycles. The Labute approximate surface area is 112 Å². The van der Waals surface area contributed by atoms with Crippen LogP contribution >= 0.6 is 0 Å². The molecular formula is C15H15N3O. The van der Waals surface area contributed by atoms with E-state index in [2.05, 4.69) is 10.2 Å². The van der Waals surface area contributed by atoms with Crippen molar-refractivity contribution in [2.75, 3.05) is 7.05 Å². The van der Waals surface area contributed by atoms with Gasteiger partial charge in [0, 0.05) is 24.7 Å². The van der Waals surface area contributed by atoms with Gasteiger partial charge in [0.1, 0.15) is 0 Å². The Morgan fingerprint density at radius 2 is 2.05 bits per heavy atom. The van der Waals surface area contributed by atoms with Crippen LogP contribution in [-0.4, -0.2) is 28.1 Å². The highest BCUT2D eigenvalue weighted by Gasteiger charge is 2.24. The zero-order valence-corrected chi connectivity index (χ0v) is 11.3. The van der Waals surface area contributed by atoms with Gasteiger partial charge < -0.3 is 4.90 Å². The van der Waals surface area contributed by atoms with Crippen LogP contribution in [0.4, 0.5) is 0 Å². The normalized spacial score (nSPS) is 13.8. The molecule has 0 bridgehead atoms. The first-order chi connectivity index (χ1) is 9.08. The van der Waals surface area contributed by atoms with Gasteiger partial charge in [0.2, 0.25) is 0 Å². The number of rotatable bonds is 1. The molecular weight excluding hydrogens is 238 g/mol. The molecule has 0 saturated heterocycles. The van der Waals surface area contributed by atoms with Crippen LogP contribution in [0.2, 0.25) is 0 Å². The largest absolute Gasteiger partial charge is 0.337 e. The first-order valence-electron chi connectivity index (χ1n) is 6.25. The number of fused-ring (bicyclic) bond motifs is 1. The summed E-state index contributed by atoms with van der Waals surface area (Å²) in [6, 6.07) is 5.89. The number of carbonyl (C=O) groups excluding carboxylic acids is 1. The lowest BCUT2D eigenvalue weighted by atomic mass is 10.0. The Kier molecular flexibility index (Phi) is 2.59. The third-order valence-corrected chi connectivity index (χ3v) is 3.72. The van der Waals surface area contributed by atoms with Gasteiger partial charge in [-0.15, -0.1) is 0 Å². The molecule has 1 aromatic carbocycles. The third kappa shape index (κ3) is 1.80. The Hall–Kier alpha value is -2.23. The van der Waals surface area contributed by atoms with Crippen LogP contribution in [0.3, 0.4) is 0 Å². The van der Waals surface area contributed by atoms with E-state index in [1.807, 2.05) is 39.1 Å². The number of benzene rings is 1. The van der Waals surface area contributed by atoms with Crippen LogP contribution in [0.15, 0.2) is 24.4 Å². The predicted octanol–water partition coefficient (Wildman–Crippen LogP) is 2.35. The summed E-state index contributed by atoms with van der Waals surface area (Å²) in [6.07, 6.45) is 1.77. The fourth-order valence-corrected chi connectivity index (χ4v) is 2.42. The van der Waals surface area contributed by atoms with Crippen LogP contribution < -0.4 is 0 Å². The lowest BCUT2D eigenvalue weighted by molar-refractivity contribution is 0.0816. The average Bonchev–Trinajstić information content (AvgIpc) is 2.68. The average molecular weight is 253 g/mol. The maximum absolute atomic E-state index is 11.9. The SMILES string of the molecule is Cc1cnnc(-c2ccc3c(c2)CN(C)C3=O)c1C. The molecule has 1 aromatic heterocycles. The van der Waals surface area contributed by atoms with Crippen LogP contribution in [0.5, 0.6) is 0 Å². The second-order valence-corrected chi connectivity index (χ2v) is 5.03. The fraction of sp³-hybridized carbons (Fsp3) is 0.267. The molecule has 0 unspecified atom stereocenters. The van der Waals surface area contributed by atoms with Gasteiger partial charge in [-0.1, -0.05) is 6.07 Å². The lowest BCUT2D eigenvalue weighted by Crippen LogP contribution is -2.17. The number of nitrogens with zero attached hydrogens (tertiary/aromatic N) is 3. The molecule has 0 radical (unpaired) electrons. The molecule has 1 aliphatic rings. The van der Waals surface area contributed by atoms with Crippen LogP contribution in [0, 0.1) is 13.8 Å². The van der Waals surface area contributed by atoms with E-state index >= 15 is 0 Å². The second kappa shape index (κ2) is 4.16. The summed E-state index contributed by atoms with van der Waals surface area (Å²) in [6.45, 7) is 4.74. The van der Waals surface area contributed by atoms with Gasteiger partial charge in [-0.2, -0.15) is 10.2 Å². The second-order valence-electron chi connectivity index (χ2n) is 5.03. The van der Waals surface area contributed by atoms with E-state index < -0.39 is 0 Å². The van der Waals surface area contributed by atoms with E-state index in [1.54, 1.807) is 11.1 Å². The lowest BCUT2D eigenvalue weighted by Gasteiger charge is -2.07. The molecule has 19 heavy (non-hydrogen) atoms. The third-order valence-electron chi connectivity index (χ3n) is 3.72. The van der Waals surface area contributed by atoms with Crippen molar-refractivity contribution in [3.8, 4) is 11.3 Å². The van der Waals surface area contributed by atoms with Gasteiger partial charge >= 0.3 is 0 Å². The predicted molar refractivity (Wildman–Crippen MR) is 72.7 cm³/mol. The van der Waals surface area contributed by atoms with E-state index in [0.717, 1.165) is 33.5 Å². The summed E-state index contributed by atoms with van der Waals surface area (Å²) in [5, 5.41) is 8.24. The minimum Gasteiger partial charge on any atom is -0.337 e. The van der Waals surface area contributed by atoms with E-state index in [4.69, 9.17) is 0 Å². The zero-order valence-electron chi connectivity index (χ0n) is 11.3. The summed E-state index contributed by atoms with van der Waals surface area (Å²) >= 11 is 0. The molecule has 3 rings (SSSR count). The zero-order chi connectivity index (χ0) is 13.6. The number of aromatic nitrogens is 2. The van der Waals surface area contributed by atoms with Crippen molar-refractivity contribution in [3.05, 3.63) is 46.6 Å². The first kappa shape index (κ1) is 11.8. The molecule has 96 valence electrons. The molecule has 4 heteroatoms. The summed E-state index contributed by atoms with van der Waals surface area (Å²) in [7, 11) is 1.82. The number of amides is 1. The topological polar surface area (TPSA) is 46.1 Å². The molecule has 0 N–H and O–H groups in total. The Balaban J connectivity index is 2.12. The Morgan fingerprint density at radius 1 is 1.26 bits per heavy atom. The summed E-state index contributed by atoms with van der Waals surface area (Å²) in [5.41, 5.74) is 6.03. The molecule has 1 aliphatic heterocycles. The summed E-state index contributed by atoms with van der Waals surface area (Å²) in [4.78, 5) is 13.6. The molecule has 2 aromatic rings. The summed E-state index contributed by atoms with van der Waals surface area (Å²) in [5.74, 6) is 0.0913.